The highest BCUT2D eigenvalue weighted by Crippen LogP contribution is 2.34. The Morgan fingerprint density at radius 2 is 2.00 bits per heavy atom. The molecule has 0 aliphatic heterocycles. The van der Waals surface area contributed by atoms with Gasteiger partial charge in [0.05, 0.1) is 0 Å². The Hall–Kier alpha value is -1.22. The van der Waals surface area contributed by atoms with E-state index in [9.17, 15) is 0 Å². The van der Waals surface area contributed by atoms with E-state index in [0.29, 0.717) is 5.92 Å². The summed E-state index contributed by atoms with van der Waals surface area (Å²) < 4.78 is 0. The number of hydrogen-bond donors (Lipinski definition) is 0. The van der Waals surface area contributed by atoms with Crippen molar-refractivity contribution in [1.29, 1.82) is 0 Å². The van der Waals surface area contributed by atoms with Crippen molar-refractivity contribution in [1.82, 2.24) is 0 Å². The van der Waals surface area contributed by atoms with Crippen LogP contribution in [0.25, 0.3) is 0 Å². The molecule has 2 rings (SSSR count). The van der Waals surface area contributed by atoms with Gasteiger partial charge in [0.2, 0.25) is 0 Å². The first kappa shape index (κ1) is 9.34. The Balaban J connectivity index is 1.98. The van der Waals surface area contributed by atoms with Crippen molar-refractivity contribution in [2.75, 3.05) is 0 Å². The molecule has 0 saturated heterocycles. The molecule has 0 bridgehead atoms. The molecule has 0 radical (unpaired) electrons. The normalized spacial score (nSPS) is 18.2. The van der Waals surface area contributed by atoms with E-state index >= 15 is 0 Å². The van der Waals surface area contributed by atoms with E-state index in [1.165, 1.54) is 24.8 Å². The van der Waals surface area contributed by atoms with E-state index in [1.807, 2.05) is 0 Å². The fourth-order valence-corrected chi connectivity index (χ4v) is 2.07. The topological polar surface area (TPSA) is 0 Å². The summed E-state index contributed by atoms with van der Waals surface area (Å²) in [5, 5.41) is 0. The van der Waals surface area contributed by atoms with Crippen LogP contribution in [0.15, 0.2) is 30.3 Å². The molecule has 1 fully saturated rings. The fourth-order valence-electron chi connectivity index (χ4n) is 2.07. The van der Waals surface area contributed by atoms with Crippen molar-refractivity contribution >= 4 is 0 Å². The van der Waals surface area contributed by atoms with Crippen molar-refractivity contribution in [3.63, 3.8) is 0 Å². The van der Waals surface area contributed by atoms with Gasteiger partial charge >= 0.3 is 0 Å². The van der Waals surface area contributed by atoms with Gasteiger partial charge in [-0.2, -0.15) is 0 Å². The Morgan fingerprint density at radius 1 is 1.29 bits per heavy atom. The SMILES string of the molecule is C#CC(Cc1ccccc1)C1CCC1. The summed E-state index contributed by atoms with van der Waals surface area (Å²) in [6.07, 6.45) is 10.7. The largest absolute Gasteiger partial charge is 0.120 e. The summed E-state index contributed by atoms with van der Waals surface area (Å²) in [5.74, 6) is 4.21. The van der Waals surface area contributed by atoms with Crippen LogP contribution in [-0.2, 0) is 6.42 Å². The first-order valence-electron chi connectivity index (χ1n) is 5.40. The first-order chi connectivity index (χ1) is 6.90. The number of hydrogen-bond acceptors (Lipinski definition) is 0. The molecule has 14 heavy (non-hydrogen) atoms. The average molecular weight is 184 g/mol. The third kappa shape index (κ3) is 1.99. The Bertz CT molecular complexity index is 314. The Kier molecular flexibility index (Phi) is 2.89. The van der Waals surface area contributed by atoms with Crippen LogP contribution < -0.4 is 0 Å². The predicted molar refractivity (Wildman–Crippen MR) is 59.8 cm³/mol. The Morgan fingerprint density at radius 3 is 2.50 bits per heavy atom. The molecule has 0 N–H and O–H groups in total. The van der Waals surface area contributed by atoms with E-state index < -0.39 is 0 Å². The smallest absolute Gasteiger partial charge is 0.0268 e. The van der Waals surface area contributed by atoms with Gasteiger partial charge in [-0.25, -0.2) is 0 Å². The summed E-state index contributed by atoms with van der Waals surface area (Å²) in [6, 6.07) is 10.6. The van der Waals surface area contributed by atoms with Crippen molar-refractivity contribution in [3.05, 3.63) is 35.9 Å². The van der Waals surface area contributed by atoms with Gasteiger partial charge in [0, 0.05) is 5.92 Å². The molecular weight excluding hydrogens is 168 g/mol. The summed E-state index contributed by atoms with van der Waals surface area (Å²) >= 11 is 0. The number of rotatable bonds is 3. The van der Waals surface area contributed by atoms with Gasteiger partial charge in [0.1, 0.15) is 0 Å². The molecule has 1 aromatic carbocycles. The van der Waals surface area contributed by atoms with Crippen LogP contribution in [0.3, 0.4) is 0 Å². The zero-order valence-electron chi connectivity index (χ0n) is 8.45. The predicted octanol–water partition coefficient (Wildman–Crippen LogP) is 3.28. The van der Waals surface area contributed by atoms with Gasteiger partial charge in [0.25, 0.3) is 0 Å². The van der Waals surface area contributed by atoms with Gasteiger partial charge in [-0.15, -0.1) is 12.3 Å². The third-order valence-corrected chi connectivity index (χ3v) is 3.23. The molecule has 1 aliphatic carbocycles. The lowest BCUT2D eigenvalue weighted by atomic mass is 9.74. The molecule has 0 nitrogen and oxygen atoms in total. The summed E-state index contributed by atoms with van der Waals surface area (Å²) in [4.78, 5) is 0. The number of benzene rings is 1. The Labute approximate surface area is 86.3 Å². The fraction of sp³-hybridized carbons (Fsp3) is 0.429. The third-order valence-electron chi connectivity index (χ3n) is 3.23. The first-order valence-corrected chi connectivity index (χ1v) is 5.40. The zero-order chi connectivity index (χ0) is 9.80. The minimum atomic E-state index is 0.464. The van der Waals surface area contributed by atoms with Gasteiger partial charge in [-0.1, -0.05) is 36.8 Å². The highest BCUT2D eigenvalue weighted by molar-refractivity contribution is 5.18. The molecule has 0 aromatic heterocycles. The van der Waals surface area contributed by atoms with Crippen molar-refractivity contribution in [3.8, 4) is 12.3 Å². The minimum absolute atomic E-state index is 0.464. The molecule has 1 aromatic rings. The molecule has 0 spiro atoms. The van der Waals surface area contributed by atoms with Gasteiger partial charge in [-0.3, -0.25) is 0 Å². The van der Waals surface area contributed by atoms with Crippen LogP contribution in [0.2, 0.25) is 0 Å². The molecule has 0 amide bonds. The zero-order valence-corrected chi connectivity index (χ0v) is 8.45. The number of terminal acetylenes is 1. The summed E-state index contributed by atoms with van der Waals surface area (Å²) in [5.41, 5.74) is 1.38. The van der Waals surface area contributed by atoms with Gasteiger partial charge < -0.3 is 0 Å². The average Bonchev–Trinajstić information content (AvgIpc) is 2.15. The van der Waals surface area contributed by atoms with Crippen LogP contribution in [0.1, 0.15) is 24.8 Å². The summed E-state index contributed by atoms with van der Waals surface area (Å²) in [6.45, 7) is 0. The van der Waals surface area contributed by atoms with Crippen molar-refractivity contribution in [2.45, 2.75) is 25.7 Å². The lowest BCUT2D eigenvalue weighted by Crippen LogP contribution is -2.22. The summed E-state index contributed by atoms with van der Waals surface area (Å²) in [7, 11) is 0. The van der Waals surface area contributed by atoms with E-state index in [2.05, 4.69) is 36.3 Å². The molecule has 0 heteroatoms. The van der Waals surface area contributed by atoms with Crippen LogP contribution in [0, 0.1) is 24.2 Å². The minimum Gasteiger partial charge on any atom is -0.120 e. The van der Waals surface area contributed by atoms with Gasteiger partial charge in [0.15, 0.2) is 0 Å². The highest BCUT2D eigenvalue weighted by Gasteiger charge is 2.25. The molecule has 1 saturated carbocycles. The second-order valence-electron chi connectivity index (χ2n) is 4.15. The second-order valence-corrected chi connectivity index (χ2v) is 4.15. The molecule has 1 aliphatic rings. The van der Waals surface area contributed by atoms with E-state index in [4.69, 9.17) is 6.42 Å². The quantitative estimate of drug-likeness (QED) is 0.632. The van der Waals surface area contributed by atoms with Crippen LogP contribution in [0.4, 0.5) is 0 Å². The van der Waals surface area contributed by atoms with Crippen LogP contribution in [0.5, 0.6) is 0 Å². The van der Waals surface area contributed by atoms with E-state index in [1.54, 1.807) is 0 Å². The van der Waals surface area contributed by atoms with Crippen molar-refractivity contribution in [2.24, 2.45) is 11.8 Å². The maximum absolute atomic E-state index is 5.58. The lowest BCUT2D eigenvalue weighted by Gasteiger charge is -2.30. The van der Waals surface area contributed by atoms with E-state index in [-0.39, 0.29) is 0 Å². The van der Waals surface area contributed by atoms with E-state index in [0.717, 1.165) is 12.3 Å². The van der Waals surface area contributed by atoms with Crippen molar-refractivity contribution < 1.29 is 0 Å². The maximum atomic E-state index is 5.58. The van der Waals surface area contributed by atoms with Crippen LogP contribution in [-0.4, -0.2) is 0 Å². The molecule has 72 valence electrons. The van der Waals surface area contributed by atoms with Gasteiger partial charge in [-0.05, 0) is 30.7 Å². The lowest BCUT2D eigenvalue weighted by molar-refractivity contribution is 0.247. The monoisotopic (exact) mass is 184 g/mol. The molecule has 1 atom stereocenters. The molecular formula is C14H16. The standard InChI is InChI=1S/C14H16/c1-2-13(14-9-6-10-14)11-12-7-4-3-5-8-12/h1,3-5,7-8,13-14H,6,9-11H2. The van der Waals surface area contributed by atoms with Crippen LogP contribution >= 0.6 is 0 Å². The highest BCUT2D eigenvalue weighted by atomic mass is 14.3. The second kappa shape index (κ2) is 4.33. The molecule has 0 heterocycles. The molecule has 1 unspecified atom stereocenters. The maximum Gasteiger partial charge on any atom is 0.0268 e.